The highest BCUT2D eigenvalue weighted by atomic mass is 35.5. The zero-order chi connectivity index (χ0) is 24.3. The number of hydrogen-bond acceptors (Lipinski definition) is 8. The van der Waals surface area contributed by atoms with Gasteiger partial charge in [-0.3, -0.25) is 9.67 Å². The minimum absolute atomic E-state index is 0.277. The molecule has 9 nitrogen and oxygen atoms in total. The first-order valence-corrected chi connectivity index (χ1v) is 11.5. The minimum Gasteiger partial charge on any atom is -0.389 e. The monoisotopic (exact) mass is 500 g/mol. The molecule has 34 heavy (non-hydrogen) atoms. The molecule has 0 saturated heterocycles. The molecule has 4 N–H and O–H groups in total. The Morgan fingerprint density at radius 2 is 1.82 bits per heavy atom. The van der Waals surface area contributed by atoms with Crippen LogP contribution in [0.1, 0.15) is 19.5 Å². The molecule has 0 aliphatic carbocycles. The molecule has 0 amide bonds. The van der Waals surface area contributed by atoms with Crippen molar-refractivity contribution in [2.24, 2.45) is 0 Å². The highest BCUT2D eigenvalue weighted by Crippen LogP contribution is 2.25. The number of aryl methyl sites for hydroxylation is 1. The normalized spacial score (nSPS) is 11.6. The highest BCUT2D eigenvalue weighted by Gasteiger charge is 2.17. The van der Waals surface area contributed by atoms with E-state index in [0.717, 1.165) is 22.3 Å². The fourth-order valence-electron chi connectivity index (χ4n) is 3.46. The van der Waals surface area contributed by atoms with Crippen molar-refractivity contribution in [2.45, 2.75) is 32.9 Å². The van der Waals surface area contributed by atoms with Gasteiger partial charge in [-0.05, 0) is 45.0 Å². The van der Waals surface area contributed by atoms with E-state index in [9.17, 15) is 5.11 Å². The standard InChI is InChI=1S/C23H26Cl2N8O/c1-14-10-20(28-9-8-27-17-6-7-26-18-11-15(24)4-5-16(17)18)31-22(29-14)30-19-12-33(32-21(19)25)13-23(2,3)34/h4-7,10-12,34H,8-9,13H2,1-3H3,(H,26,27)(H2,28,29,30,31). The summed E-state index contributed by atoms with van der Waals surface area (Å²) in [7, 11) is 0. The van der Waals surface area contributed by atoms with Gasteiger partial charge in [0.1, 0.15) is 5.82 Å². The number of fused-ring (bicyclic) bond motifs is 1. The quantitative estimate of drug-likeness (QED) is 0.240. The topological polar surface area (TPSA) is 113 Å². The van der Waals surface area contributed by atoms with Crippen molar-refractivity contribution in [1.82, 2.24) is 24.7 Å². The van der Waals surface area contributed by atoms with Crippen LogP contribution >= 0.6 is 23.2 Å². The van der Waals surface area contributed by atoms with Crippen LogP contribution in [0.5, 0.6) is 0 Å². The van der Waals surface area contributed by atoms with E-state index in [-0.39, 0.29) is 5.15 Å². The lowest BCUT2D eigenvalue weighted by molar-refractivity contribution is 0.0578. The summed E-state index contributed by atoms with van der Waals surface area (Å²) in [6, 6.07) is 9.47. The Kier molecular flexibility index (Phi) is 7.06. The number of anilines is 4. The molecule has 3 aromatic heterocycles. The van der Waals surface area contributed by atoms with Crippen molar-refractivity contribution in [1.29, 1.82) is 0 Å². The lowest BCUT2D eigenvalue weighted by Gasteiger charge is -2.16. The predicted octanol–water partition coefficient (Wildman–Crippen LogP) is 4.88. The molecule has 0 aliphatic heterocycles. The number of benzene rings is 1. The molecule has 4 rings (SSSR count). The highest BCUT2D eigenvalue weighted by molar-refractivity contribution is 6.32. The van der Waals surface area contributed by atoms with Crippen molar-refractivity contribution in [3.63, 3.8) is 0 Å². The van der Waals surface area contributed by atoms with E-state index in [1.165, 1.54) is 0 Å². The second kappa shape index (κ2) is 10.0. The molecular weight excluding hydrogens is 475 g/mol. The number of nitrogens with one attached hydrogen (secondary N) is 3. The van der Waals surface area contributed by atoms with Gasteiger partial charge in [-0.25, -0.2) is 4.98 Å². The summed E-state index contributed by atoms with van der Waals surface area (Å²) < 4.78 is 1.59. The summed E-state index contributed by atoms with van der Waals surface area (Å²) >= 11 is 12.3. The SMILES string of the molecule is Cc1cc(NCCNc2ccnc3cc(Cl)ccc23)nc(Nc2cn(CC(C)(C)O)nc2Cl)n1. The van der Waals surface area contributed by atoms with Crippen LogP contribution in [-0.4, -0.2) is 48.5 Å². The molecule has 1 aromatic carbocycles. The van der Waals surface area contributed by atoms with E-state index >= 15 is 0 Å². The van der Waals surface area contributed by atoms with Gasteiger partial charge in [0.25, 0.3) is 0 Å². The van der Waals surface area contributed by atoms with Gasteiger partial charge in [0.2, 0.25) is 5.95 Å². The number of pyridine rings is 1. The zero-order valence-corrected chi connectivity index (χ0v) is 20.6. The van der Waals surface area contributed by atoms with Crippen LogP contribution in [0.25, 0.3) is 10.9 Å². The molecule has 0 fully saturated rings. The summed E-state index contributed by atoms with van der Waals surface area (Å²) in [6.45, 7) is 6.92. The molecule has 11 heteroatoms. The third-order valence-corrected chi connectivity index (χ3v) is 5.33. The molecule has 0 unspecified atom stereocenters. The molecular formula is C23H26Cl2N8O. The Morgan fingerprint density at radius 1 is 1.03 bits per heavy atom. The van der Waals surface area contributed by atoms with Gasteiger partial charge in [0, 0.05) is 47.1 Å². The third kappa shape index (κ3) is 6.25. The Balaban J connectivity index is 1.38. The van der Waals surface area contributed by atoms with Crippen molar-refractivity contribution < 1.29 is 5.11 Å². The van der Waals surface area contributed by atoms with E-state index < -0.39 is 5.60 Å². The fraction of sp³-hybridized carbons (Fsp3) is 0.304. The second-order valence-corrected chi connectivity index (χ2v) is 9.35. The summed E-state index contributed by atoms with van der Waals surface area (Å²) in [4.78, 5) is 13.3. The van der Waals surface area contributed by atoms with Crippen molar-refractivity contribution in [3.05, 3.63) is 58.6 Å². The van der Waals surface area contributed by atoms with Crippen LogP contribution in [0.2, 0.25) is 10.2 Å². The van der Waals surface area contributed by atoms with Gasteiger partial charge >= 0.3 is 0 Å². The van der Waals surface area contributed by atoms with Gasteiger partial charge in [-0.2, -0.15) is 10.1 Å². The van der Waals surface area contributed by atoms with Gasteiger partial charge in [0.05, 0.1) is 29.5 Å². The van der Waals surface area contributed by atoms with E-state index in [1.807, 2.05) is 37.3 Å². The van der Waals surface area contributed by atoms with Crippen molar-refractivity contribution in [3.8, 4) is 0 Å². The number of halogens is 2. The van der Waals surface area contributed by atoms with E-state index in [2.05, 4.69) is 36.0 Å². The molecule has 0 saturated carbocycles. The van der Waals surface area contributed by atoms with Crippen LogP contribution in [0, 0.1) is 6.92 Å². The van der Waals surface area contributed by atoms with Crippen LogP contribution in [0.3, 0.4) is 0 Å². The van der Waals surface area contributed by atoms with Crippen LogP contribution in [0.4, 0.5) is 23.1 Å². The largest absolute Gasteiger partial charge is 0.389 e. The summed E-state index contributed by atoms with van der Waals surface area (Å²) in [6.07, 6.45) is 3.48. The second-order valence-electron chi connectivity index (χ2n) is 8.56. The van der Waals surface area contributed by atoms with Crippen LogP contribution in [-0.2, 0) is 6.54 Å². The maximum Gasteiger partial charge on any atom is 0.229 e. The first-order chi connectivity index (χ1) is 16.2. The first kappa shape index (κ1) is 24.0. The predicted molar refractivity (Wildman–Crippen MR) is 137 cm³/mol. The molecule has 0 spiro atoms. The molecule has 0 aliphatic rings. The number of nitrogens with zero attached hydrogens (tertiary/aromatic N) is 5. The van der Waals surface area contributed by atoms with Gasteiger partial charge in [0.15, 0.2) is 5.15 Å². The Hall–Kier alpha value is -3.14. The van der Waals surface area contributed by atoms with Crippen molar-refractivity contribution >= 4 is 57.2 Å². The van der Waals surface area contributed by atoms with E-state index in [4.69, 9.17) is 23.2 Å². The molecule has 0 bridgehead atoms. The fourth-order valence-corrected chi connectivity index (χ4v) is 3.82. The maximum absolute atomic E-state index is 10.0. The smallest absolute Gasteiger partial charge is 0.229 e. The van der Waals surface area contributed by atoms with E-state index in [1.54, 1.807) is 30.9 Å². The van der Waals surface area contributed by atoms with Crippen LogP contribution < -0.4 is 16.0 Å². The number of aromatic nitrogens is 5. The number of rotatable bonds is 9. The molecule has 0 radical (unpaired) electrons. The van der Waals surface area contributed by atoms with Gasteiger partial charge in [-0.1, -0.05) is 23.2 Å². The maximum atomic E-state index is 10.0. The zero-order valence-electron chi connectivity index (χ0n) is 19.1. The average molecular weight is 501 g/mol. The molecule has 178 valence electrons. The summed E-state index contributed by atoms with van der Waals surface area (Å²) in [5, 5.41) is 26.0. The minimum atomic E-state index is -0.910. The lowest BCUT2D eigenvalue weighted by atomic mass is 10.1. The summed E-state index contributed by atoms with van der Waals surface area (Å²) in [5.74, 6) is 1.08. The van der Waals surface area contributed by atoms with Crippen molar-refractivity contribution in [2.75, 3.05) is 29.0 Å². The number of hydrogen-bond donors (Lipinski definition) is 4. The third-order valence-electron chi connectivity index (χ3n) is 4.82. The molecule has 4 aromatic rings. The van der Waals surface area contributed by atoms with Gasteiger partial charge < -0.3 is 21.1 Å². The Bertz CT molecular complexity index is 1300. The van der Waals surface area contributed by atoms with Crippen LogP contribution in [0.15, 0.2) is 42.7 Å². The number of aliphatic hydroxyl groups is 1. The molecule has 0 atom stereocenters. The van der Waals surface area contributed by atoms with E-state index in [0.29, 0.717) is 42.1 Å². The molecule has 3 heterocycles. The lowest BCUT2D eigenvalue weighted by Crippen LogP contribution is -2.26. The average Bonchev–Trinajstić information content (AvgIpc) is 3.07. The Morgan fingerprint density at radius 3 is 2.62 bits per heavy atom. The first-order valence-electron chi connectivity index (χ1n) is 10.8. The Labute approximate surface area is 207 Å². The summed E-state index contributed by atoms with van der Waals surface area (Å²) in [5.41, 5.74) is 2.28. The van der Waals surface area contributed by atoms with Gasteiger partial charge in [-0.15, -0.1) is 0 Å².